The highest BCUT2D eigenvalue weighted by molar-refractivity contribution is 7.80. The van der Waals surface area contributed by atoms with Gasteiger partial charge in [-0.2, -0.15) is 12.6 Å². The molecular weight excluding hydrogens is 370 g/mol. The molecule has 1 amide bonds. The van der Waals surface area contributed by atoms with Gasteiger partial charge in [0.25, 0.3) is 0 Å². The predicted octanol–water partition coefficient (Wildman–Crippen LogP) is 2.68. The number of hydrogen-bond donors (Lipinski definition) is 3. The first-order chi connectivity index (χ1) is 13.2. The predicted molar refractivity (Wildman–Crippen MR) is 109 cm³/mol. The molecule has 160 valence electrons. The van der Waals surface area contributed by atoms with Crippen LogP contribution in [0.3, 0.4) is 0 Å². The SMILES string of the molecule is O=C(O)CNC(=O)COCCOCCOCCCCCCCCCCCS. The van der Waals surface area contributed by atoms with E-state index in [4.69, 9.17) is 19.3 Å². The molecule has 0 aliphatic heterocycles. The lowest BCUT2D eigenvalue weighted by Gasteiger charge is -2.07. The Morgan fingerprint density at radius 1 is 0.704 bits per heavy atom. The quantitative estimate of drug-likeness (QED) is 0.200. The van der Waals surface area contributed by atoms with Crippen LogP contribution in [0, 0.1) is 0 Å². The van der Waals surface area contributed by atoms with Gasteiger partial charge in [-0.1, -0.05) is 44.9 Å². The van der Waals surface area contributed by atoms with Crippen LogP contribution >= 0.6 is 12.6 Å². The van der Waals surface area contributed by atoms with Crippen LogP contribution in [0.5, 0.6) is 0 Å². The summed E-state index contributed by atoms with van der Waals surface area (Å²) in [6.45, 7) is 1.94. The fourth-order valence-electron chi connectivity index (χ4n) is 2.38. The molecule has 8 heteroatoms. The molecule has 0 aromatic heterocycles. The summed E-state index contributed by atoms with van der Waals surface area (Å²) < 4.78 is 15.9. The Hall–Kier alpha value is -0.830. The first-order valence-electron chi connectivity index (χ1n) is 9.99. The van der Waals surface area contributed by atoms with Crippen LogP contribution < -0.4 is 5.32 Å². The summed E-state index contributed by atoms with van der Waals surface area (Å²) in [6.07, 6.45) is 11.5. The number of unbranched alkanes of at least 4 members (excludes halogenated alkanes) is 8. The van der Waals surface area contributed by atoms with Crippen molar-refractivity contribution in [3.8, 4) is 0 Å². The van der Waals surface area contributed by atoms with Gasteiger partial charge in [0.1, 0.15) is 13.2 Å². The third-order valence-electron chi connectivity index (χ3n) is 3.86. The van der Waals surface area contributed by atoms with Crippen molar-refractivity contribution in [3.05, 3.63) is 0 Å². The lowest BCUT2D eigenvalue weighted by atomic mass is 10.1. The summed E-state index contributed by atoms with van der Waals surface area (Å²) in [5.41, 5.74) is 0. The maximum Gasteiger partial charge on any atom is 0.322 e. The van der Waals surface area contributed by atoms with E-state index in [0.717, 1.165) is 18.8 Å². The van der Waals surface area contributed by atoms with Gasteiger partial charge in [0, 0.05) is 6.61 Å². The van der Waals surface area contributed by atoms with E-state index in [1.807, 2.05) is 0 Å². The van der Waals surface area contributed by atoms with Crippen LogP contribution in [-0.2, 0) is 23.8 Å². The van der Waals surface area contributed by atoms with Gasteiger partial charge in [0.05, 0.1) is 26.4 Å². The molecule has 0 aliphatic carbocycles. The lowest BCUT2D eigenvalue weighted by molar-refractivity contribution is -0.138. The number of amides is 1. The fourth-order valence-corrected chi connectivity index (χ4v) is 2.61. The zero-order valence-corrected chi connectivity index (χ0v) is 17.4. The Balaban J connectivity index is 3.09. The maximum absolute atomic E-state index is 11.2. The number of carboxylic acids is 1. The molecule has 0 unspecified atom stereocenters. The van der Waals surface area contributed by atoms with Crippen molar-refractivity contribution in [2.45, 2.75) is 57.8 Å². The van der Waals surface area contributed by atoms with Crippen molar-refractivity contribution in [2.24, 2.45) is 0 Å². The monoisotopic (exact) mass is 407 g/mol. The van der Waals surface area contributed by atoms with Crippen LogP contribution in [0.2, 0.25) is 0 Å². The van der Waals surface area contributed by atoms with Gasteiger partial charge < -0.3 is 24.6 Å². The number of carbonyl (C=O) groups excluding carboxylic acids is 1. The zero-order chi connectivity index (χ0) is 20.0. The number of carboxylic acid groups (broad SMARTS) is 1. The molecule has 27 heavy (non-hydrogen) atoms. The zero-order valence-electron chi connectivity index (χ0n) is 16.5. The average Bonchev–Trinajstić information content (AvgIpc) is 2.65. The number of nitrogens with one attached hydrogen (secondary N) is 1. The van der Waals surface area contributed by atoms with E-state index >= 15 is 0 Å². The van der Waals surface area contributed by atoms with Crippen LogP contribution in [-0.4, -0.2) is 68.9 Å². The minimum Gasteiger partial charge on any atom is -0.480 e. The molecule has 0 aliphatic rings. The number of aliphatic carboxylic acids is 1. The van der Waals surface area contributed by atoms with E-state index < -0.39 is 18.4 Å². The van der Waals surface area contributed by atoms with Gasteiger partial charge in [-0.05, 0) is 18.6 Å². The molecule has 2 N–H and O–H groups in total. The van der Waals surface area contributed by atoms with Gasteiger partial charge in [-0.3, -0.25) is 9.59 Å². The van der Waals surface area contributed by atoms with E-state index in [2.05, 4.69) is 17.9 Å². The molecule has 0 fully saturated rings. The molecule has 0 bridgehead atoms. The summed E-state index contributed by atoms with van der Waals surface area (Å²) in [7, 11) is 0. The van der Waals surface area contributed by atoms with Crippen LogP contribution in [0.1, 0.15) is 57.8 Å². The van der Waals surface area contributed by atoms with E-state index in [1.54, 1.807) is 0 Å². The standard InChI is InChI=1S/C19H37NO6S/c21-18(20-16-19(22)23)17-26-14-13-25-12-11-24-10-8-6-4-2-1-3-5-7-9-15-27/h27H,1-17H2,(H,20,21)(H,22,23). The Bertz CT molecular complexity index is 357. The molecule has 0 radical (unpaired) electrons. The van der Waals surface area contributed by atoms with Crippen LogP contribution in [0.4, 0.5) is 0 Å². The summed E-state index contributed by atoms with van der Waals surface area (Å²) in [5.74, 6) is -0.523. The minimum atomic E-state index is -1.08. The van der Waals surface area contributed by atoms with Gasteiger partial charge in [-0.25, -0.2) is 0 Å². The van der Waals surface area contributed by atoms with Crippen molar-refractivity contribution in [2.75, 3.05) is 51.9 Å². The molecule has 0 aromatic rings. The second-order valence-electron chi connectivity index (χ2n) is 6.35. The Kier molecular flexibility index (Phi) is 20.8. The Labute approximate surface area is 168 Å². The largest absolute Gasteiger partial charge is 0.480 e. The van der Waals surface area contributed by atoms with Crippen molar-refractivity contribution in [1.29, 1.82) is 0 Å². The first-order valence-corrected chi connectivity index (χ1v) is 10.6. The highest BCUT2D eigenvalue weighted by atomic mass is 32.1. The minimum absolute atomic E-state index is 0.164. The van der Waals surface area contributed by atoms with E-state index in [9.17, 15) is 9.59 Å². The molecule has 0 heterocycles. The molecular formula is C19H37NO6S. The molecule has 7 nitrogen and oxygen atoms in total. The number of carbonyl (C=O) groups is 2. The second-order valence-corrected chi connectivity index (χ2v) is 6.80. The molecule has 0 rings (SSSR count). The van der Waals surface area contributed by atoms with Crippen LogP contribution in [0.15, 0.2) is 0 Å². The van der Waals surface area contributed by atoms with Gasteiger partial charge in [0.15, 0.2) is 0 Å². The first kappa shape index (κ1) is 26.2. The van der Waals surface area contributed by atoms with Gasteiger partial charge in [0.2, 0.25) is 5.91 Å². The van der Waals surface area contributed by atoms with E-state index in [1.165, 1.54) is 51.4 Å². The lowest BCUT2D eigenvalue weighted by Crippen LogP contribution is -2.32. The highest BCUT2D eigenvalue weighted by Gasteiger charge is 2.03. The van der Waals surface area contributed by atoms with E-state index in [-0.39, 0.29) is 13.2 Å². The molecule has 0 atom stereocenters. The van der Waals surface area contributed by atoms with Crippen molar-refractivity contribution >= 4 is 24.5 Å². The smallest absolute Gasteiger partial charge is 0.322 e. The summed E-state index contributed by atoms with van der Waals surface area (Å²) in [4.78, 5) is 21.4. The number of rotatable bonds is 21. The van der Waals surface area contributed by atoms with Crippen LogP contribution in [0.25, 0.3) is 0 Å². The summed E-state index contributed by atoms with van der Waals surface area (Å²) in [6, 6.07) is 0. The molecule has 0 spiro atoms. The summed E-state index contributed by atoms with van der Waals surface area (Å²) >= 11 is 4.22. The fraction of sp³-hybridized carbons (Fsp3) is 0.895. The number of ether oxygens (including phenoxy) is 3. The molecule has 0 aromatic carbocycles. The maximum atomic E-state index is 11.2. The number of hydrogen-bond acceptors (Lipinski definition) is 6. The Morgan fingerprint density at radius 3 is 1.74 bits per heavy atom. The van der Waals surface area contributed by atoms with Gasteiger partial charge in [-0.15, -0.1) is 0 Å². The molecule has 0 saturated carbocycles. The summed E-state index contributed by atoms with van der Waals surface area (Å²) in [5, 5.41) is 10.6. The topological polar surface area (TPSA) is 94.1 Å². The second kappa shape index (κ2) is 21.5. The highest BCUT2D eigenvalue weighted by Crippen LogP contribution is 2.09. The average molecular weight is 408 g/mol. The third-order valence-corrected chi connectivity index (χ3v) is 4.18. The van der Waals surface area contributed by atoms with Crippen molar-refractivity contribution in [1.82, 2.24) is 5.32 Å². The van der Waals surface area contributed by atoms with Gasteiger partial charge >= 0.3 is 5.97 Å². The normalized spacial score (nSPS) is 10.9. The van der Waals surface area contributed by atoms with Crippen molar-refractivity contribution in [3.63, 3.8) is 0 Å². The molecule has 0 saturated heterocycles. The van der Waals surface area contributed by atoms with Crippen molar-refractivity contribution < 1.29 is 28.9 Å². The van der Waals surface area contributed by atoms with E-state index in [0.29, 0.717) is 19.8 Å². The Morgan fingerprint density at radius 2 is 1.19 bits per heavy atom. The third kappa shape index (κ3) is 23.1. The number of thiol groups is 1.